The predicted octanol–water partition coefficient (Wildman–Crippen LogP) is 2.88. The SMILES string of the molecule is CC(C)N1C(=O)CCC(N)C1c1cc(F)cc(Cl)c1. The van der Waals surface area contributed by atoms with Crippen LogP contribution in [0.4, 0.5) is 4.39 Å². The molecule has 104 valence electrons. The molecule has 2 rings (SSSR count). The van der Waals surface area contributed by atoms with Crippen LogP contribution in [-0.4, -0.2) is 22.9 Å². The maximum absolute atomic E-state index is 13.5. The molecule has 1 aromatic carbocycles. The van der Waals surface area contributed by atoms with E-state index in [0.717, 1.165) is 0 Å². The van der Waals surface area contributed by atoms with Gasteiger partial charge in [-0.2, -0.15) is 0 Å². The molecule has 0 radical (unpaired) electrons. The lowest BCUT2D eigenvalue weighted by molar-refractivity contribution is -0.139. The summed E-state index contributed by atoms with van der Waals surface area (Å²) >= 11 is 5.90. The molecule has 0 aromatic heterocycles. The molecule has 1 aliphatic rings. The summed E-state index contributed by atoms with van der Waals surface area (Å²) in [4.78, 5) is 13.8. The fourth-order valence-corrected chi connectivity index (χ4v) is 2.93. The number of likely N-dealkylation sites (tertiary alicyclic amines) is 1. The van der Waals surface area contributed by atoms with Gasteiger partial charge in [0.15, 0.2) is 0 Å². The van der Waals surface area contributed by atoms with Gasteiger partial charge in [0.1, 0.15) is 5.82 Å². The van der Waals surface area contributed by atoms with E-state index < -0.39 is 5.82 Å². The highest BCUT2D eigenvalue weighted by Gasteiger charge is 2.36. The Hall–Kier alpha value is -1.13. The first-order valence-corrected chi connectivity index (χ1v) is 6.80. The number of carbonyl (C=O) groups excluding carboxylic acids is 1. The van der Waals surface area contributed by atoms with Crippen molar-refractivity contribution in [3.63, 3.8) is 0 Å². The quantitative estimate of drug-likeness (QED) is 0.908. The largest absolute Gasteiger partial charge is 0.332 e. The monoisotopic (exact) mass is 284 g/mol. The normalized spacial score (nSPS) is 24.1. The van der Waals surface area contributed by atoms with Gasteiger partial charge < -0.3 is 10.6 Å². The predicted molar refractivity (Wildman–Crippen MR) is 73.3 cm³/mol. The van der Waals surface area contributed by atoms with Gasteiger partial charge in [-0.3, -0.25) is 4.79 Å². The highest BCUT2D eigenvalue weighted by Crippen LogP contribution is 2.34. The zero-order valence-corrected chi connectivity index (χ0v) is 11.8. The third-order valence-electron chi connectivity index (χ3n) is 3.47. The van der Waals surface area contributed by atoms with Crippen molar-refractivity contribution in [2.45, 2.75) is 44.8 Å². The zero-order valence-electron chi connectivity index (χ0n) is 11.1. The number of nitrogens with zero attached hydrogens (tertiary/aromatic N) is 1. The van der Waals surface area contributed by atoms with Crippen LogP contribution in [0.5, 0.6) is 0 Å². The van der Waals surface area contributed by atoms with Gasteiger partial charge >= 0.3 is 0 Å². The van der Waals surface area contributed by atoms with Gasteiger partial charge in [0.25, 0.3) is 0 Å². The van der Waals surface area contributed by atoms with Crippen molar-refractivity contribution >= 4 is 17.5 Å². The molecule has 0 bridgehead atoms. The number of hydrogen-bond donors (Lipinski definition) is 1. The van der Waals surface area contributed by atoms with Crippen molar-refractivity contribution in [3.05, 3.63) is 34.6 Å². The fraction of sp³-hybridized carbons (Fsp3) is 0.500. The van der Waals surface area contributed by atoms with Crippen LogP contribution >= 0.6 is 11.6 Å². The third kappa shape index (κ3) is 2.90. The van der Waals surface area contributed by atoms with Gasteiger partial charge in [0.2, 0.25) is 5.91 Å². The van der Waals surface area contributed by atoms with Gasteiger partial charge in [-0.05, 0) is 44.0 Å². The number of piperidine rings is 1. The molecule has 1 amide bonds. The lowest BCUT2D eigenvalue weighted by Gasteiger charge is -2.42. The van der Waals surface area contributed by atoms with E-state index in [0.29, 0.717) is 23.4 Å². The van der Waals surface area contributed by atoms with Crippen LogP contribution in [0.15, 0.2) is 18.2 Å². The molecule has 2 N–H and O–H groups in total. The summed E-state index contributed by atoms with van der Waals surface area (Å²) in [6.07, 6.45) is 1.06. The van der Waals surface area contributed by atoms with E-state index in [1.54, 1.807) is 11.0 Å². The Morgan fingerprint density at radius 1 is 1.42 bits per heavy atom. The van der Waals surface area contributed by atoms with Crippen molar-refractivity contribution in [3.8, 4) is 0 Å². The average Bonchev–Trinajstić information content (AvgIpc) is 2.29. The van der Waals surface area contributed by atoms with E-state index in [-0.39, 0.29) is 24.0 Å². The Morgan fingerprint density at radius 2 is 2.11 bits per heavy atom. The number of halogens is 2. The number of carbonyl (C=O) groups is 1. The molecule has 1 heterocycles. The molecule has 2 atom stereocenters. The second-order valence-corrected chi connectivity index (χ2v) is 5.68. The van der Waals surface area contributed by atoms with Crippen LogP contribution in [-0.2, 0) is 4.79 Å². The van der Waals surface area contributed by atoms with E-state index in [1.165, 1.54) is 12.1 Å². The molecule has 1 fully saturated rings. The molecule has 5 heteroatoms. The van der Waals surface area contributed by atoms with Crippen LogP contribution in [0, 0.1) is 5.82 Å². The highest BCUT2D eigenvalue weighted by molar-refractivity contribution is 6.30. The molecular formula is C14H18ClFN2O. The molecule has 19 heavy (non-hydrogen) atoms. The first kappa shape index (κ1) is 14.3. The van der Waals surface area contributed by atoms with E-state index in [2.05, 4.69) is 0 Å². The van der Waals surface area contributed by atoms with E-state index in [9.17, 15) is 9.18 Å². The van der Waals surface area contributed by atoms with E-state index >= 15 is 0 Å². The Bertz CT molecular complexity index is 472. The molecule has 3 nitrogen and oxygen atoms in total. The molecule has 0 saturated carbocycles. The molecular weight excluding hydrogens is 267 g/mol. The minimum atomic E-state index is -0.406. The van der Waals surface area contributed by atoms with Crippen molar-refractivity contribution < 1.29 is 9.18 Å². The number of benzene rings is 1. The third-order valence-corrected chi connectivity index (χ3v) is 3.69. The lowest BCUT2D eigenvalue weighted by atomic mass is 9.89. The smallest absolute Gasteiger partial charge is 0.223 e. The molecule has 0 aliphatic carbocycles. The Kier molecular flexibility index (Phi) is 4.11. The molecule has 0 spiro atoms. The minimum absolute atomic E-state index is 0.0193. The van der Waals surface area contributed by atoms with Crippen LogP contribution < -0.4 is 5.73 Å². The Balaban J connectivity index is 2.45. The first-order valence-electron chi connectivity index (χ1n) is 6.43. The molecule has 1 saturated heterocycles. The summed E-state index contributed by atoms with van der Waals surface area (Å²) in [5.41, 5.74) is 6.81. The molecule has 1 aromatic rings. The van der Waals surface area contributed by atoms with Gasteiger partial charge in [0, 0.05) is 23.5 Å². The Labute approximate surface area is 117 Å². The molecule has 1 aliphatic heterocycles. The van der Waals surface area contributed by atoms with Gasteiger partial charge in [0.05, 0.1) is 6.04 Å². The standard InChI is InChI=1S/C14H18ClFN2O/c1-8(2)18-13(19)4-3-12(17)14(18)9-5-10(15)7-11(16)6-9/h5-8,12,14H,3-4,17H2,1-2H3. The number of rotatable bonds is 2. The second-order valence-electron chi connectivity index (χ2n) is 5.24. The lowest BCUT2D eigenvalue weighted by Crippen LogP contribution is -2.51. The van der Waals surface area contributed by atoms with Gasteiger partial charge in [-0.15, -0.1) is 0 Å². The second kappa shape index (κ2) is 5.47. The first-order chi connectivity index (χ1) is 8.90. The number of nitrogens with two attached hydrogens (primary N) is 1. The summed E-state index contributed by atoms with van der Waals surface area (Å²) in [5, 5.41) is 0.323. The van der Waals surface area contributed by atoms with E-state index in [1.807, 2.05) is 13.8 Å². The summed E-state index contributed by atoms with van der Waals surface area (Å²) < 4.78 is 13.5. The Morgan fingerprint density at radius 3 is 2.68 bits per heavy atom. The van der Waals surface area contributed by atoms with Gasteiger partial charge in [-0.25, -0.2) is 4.39 Å². The van der Waals surface area contributed by atoms with Crippen molar-refractivity contribution in [1.29, 1.82) is 0 Å². The summed E-state index contributed by atoms with van der Waals surface area (Å²) in [6, 6.07) is 3.85. The van der Waals surface area contributed by atoms with Crippen molar-refractivity contribution in [2.24, 2.45) is 5.73 Å². The van der Waals surface area contributed by atoms with Gasteiger partial charge in [-0.1, -0.05) is 11.6 Å². The van der Waals surface area contributed by atoms with E-state index in [4.69, 9.17) is 17.3 Å². The van der Waals surface area contributed by atoms with Crippen LogP contribution in [0.25, 0.3) is 0 Å². The van der Waals surface area contributed by atoms with Crippen LogP contribution in [0.2, 0.25) is 5.02 Å². The maximum atomic E-state index is 13.5. The van der Waals surface area contributed by atoms with Crippen molar-refractivity contribution in [1.82, 2.24) is 4.90 Å². The fourth-order valence-electron chi connectivity index (χ4n) is 2.70. The topological polar surface area (TPSA) is 46.3 Å². The summed E-state index contributed by atoms with van der Waals surface area (Å²) in [7, 11) is 0. The summed E-state index contributed by atoms with van der Waals surface area (Å²) in [6.45, 7) is 3.87. The minimum Gasteiger partial charge on any atom is -0.332 e. The average molecular weight is 285 g/mol. The van der Waals surface area contributed by atoms with Crippen LogP contribution in [0.3, 0.4) is 0 Å². The summed E-state index contributed by atoms with van der Waals surface area (Å²) in [5.74, 6) is -0.349. The number of hydrogen-bond acceptors (Lipinski definition) is 2. The van der Waals surface area contributed by atoms with Crippen LogP contribution in [0.1, 0.15) is 38.3 Å². The maximum Gasteiger partial charge on any atom is 0.223 e. The van der Waals surface area contributed by atoms with Crippen molar-refractivity contribution in [2.75, 3.05) is 0 Å². The molecule has 2 unspecified atom stereocenters. The zero-order chi connectivity index (χ0) is 14.2. The highest BCUT2D eigenvalue weighted by atomic mass is 35.5. The number of amides is 1.